The van der Waals surface area contributed by atoms with E-state index in [-0.39, 0.29) is 11.9 Å². The van der Waals surface area contributed by atoms with Crippen molar-refractivity contribution in [2.75, 3.05) is 0 Å². The Labute approximate surface area is 128 Å². The molecule has 1 heterocycles. The third-order valence-electron chi connectivity index (χ3n) is 3.11. The van der Waals surface area contributed by atoms with E-state index >= 15 is 0 Å². The highest BCUT2D eigenvalue weighted by Crippen LogP contribution is 2.16. The Hall–Kier alpha value is -1.32. The molecule has 1 aromatic carbocycles. The van der Waals surface area contributed by atoms with Crippen LogP contribution in [0, 0.1) is 0 Å². The van der Waals surface area contributed by atoms with Gasteiger partial charge >= 0.3 is 0 Å². The van der Waals surface area contributed by atoms with Gasteiger partial charge in [-0.2, -0.15) is 11.3 Å². The standard InChI is InChI=1S/C16H18ClNOS/c1-12(10-14-4-2-3-5-15(14)17)18-16(19)7-6-13-8-9-20-11-13/h2-5,8-9,11-12H,6-7,10H2,1H3,(H,18,19). The van der Waals surface area contributed by atoms with Crippen molar-refractivity contribution < 1.29 is 4.79 Å². The third kappa shape index (κ3) is 4.66. The summed E-state index contributed by atoms with van der Waals surface area (Å²) >= 11 is 7.78. The second-order valence-electron chi connectivity index (χ2n) is 4.90. The van der Waals surface area contributed by atoms with E-state index in [9.17, 15) is 4.79 Å². The van der Waals surface area contributed by atoms with E-state index in [0.717, 1.165) is 23.4 Å². The van der Waals surface area contributed by atoms with Crippen LogP contribution in [-0.4, -0.2) is 11.9 Å². The molecule has 1 N–H and O–H groups in total. The van der Waals surface area contributed by atoms with Gasteiger partial charge in [-0.05, 0) is 53.8 Å². The number of carbonyl (C=O) groups excluding carboxylic acids is 1. The van der Waals surface area contributed by atoms with Gasteiger partial charge < -0.3 is 5.32 Å². The zero-order valence-corrected chi connectivity index (χ0v) is 13.0. The van der Waals surface area contributed by atoms with Gasteiger partial charge in [-0.3, -0.25) is 4.79 Å². The van der Waals surface area contributed by atoms with Crippen LogP contribution in [0.1, 0.15) is 24.5 Å². The van der Waals surface area contributed by atoms with E-state index in [2.05, 4.69) is 16.8 Å². The van der Waals surface area contributed by atoms with Gasteiger partial charge in [0.25, 0.3) is 0 Å². The third-order valence-corrected chi connectivity index (χ3v) is 4.21. The maximum atomic E-state index is 11.9. The molecule has 1 aromatic heterocycles. The Morgan fingerprint density at radius 3 is 2.85 bits per heavy atom. The summed E-state index contributed by atoms with van der Waals surface area (Å²) in [6.45, 7) is 2.01. The van der Waals surface area contributed by atoms with E-state index in [4.69, 9.17) is 11.6 Å². The lowest BCUT2D eigenvalue weighted by atomic mass is 10.1. The van der Waals surface area contributed by atoms with Crippen LogP contribution in [0.2, 0.25) is 5.02 Å². The van der Waals surface area contributed by atoms with Crippen molar-refractivity contribution in [2.45, 2.75) is 32.2 Å². The van der Waals surface area contributed by atoms with Crippen molar-refractivity contribution in [2.24, 2.45) is 0 Å². The highest BCUT2D eigenvalue weighted by molar-refractivity contribution is 7.07. The predicted octanol–water partition coefficient (Wildman–Crippen LogP) is 4.08. The highest BCUT2D eigenvalue weighted by Gasteiger charge is 2.10. The van der Waals surface area contributed by atoms with Crippen molar-refractivity contribution >= 4 is 28.8 Å². The number of thiophene rings is 1. The van der Waals surface area contributed by atoms with Crippen LogP contribution in [0.5, 0.6) is 0 Å². The number of carbonyl (C=O) groups is 1. The van der Waals surface area contributed by atoms with E-state index in [0.29, 0.717) is 6.42 Å². The summed E-state index contributed by atoms with van der Waals surface area (Å²) in [4.78, 5) is 11.9. The molecule has 0 fully saturated rings. The van der Waals surface area contributed by atoms with Gasteiger partial charge in [-0.25, -0.2) is 0 Å². The molecule has 1 unspecified atom stereocenters. The fourth-order valence-corrected chi connectivity index (χ4v) is 3.00. The van der Waals surface area contributed by atoms with Gasteiger partial charge in [0.2, 0.25) is 5.91 Å². The lowest BCUT2D eigenvalue weighted by Crippen LogP contribution is -2.34. The zero-order valence-electron chi connectivity index (χ0n) is 11.4. The number of halogens is 1. The van der Waals surface area contributed by atoms with Crippen molar-refractivity contribution in [1.29, 1.82) is 0 Å². The summed E-state index contributed by atoms with van der Waals surface area (Å²) in [6.07, 6.45) is 2.08. The van der Waals surface area contributed by atoms with Crippen LogP contribution in [0.15, 0.2) is 41.1 Å². The average Bonchev–Trinajstić information content (AvgIpc) is 2.92. The minimum Gasteiger partial charge on any atom is -0.353 e. The van der Waals surface area contributed by atoms with E-state index in [1.54, 1.807) is 11.3 Å². The molecule has 0 aliphatic rings. The molecular formula is C16H18ClNOS. The average molecular weight is 308 g/mol. The first-order valence-corrected chi connectivity index (χ1v) is 8.01. The van der Waals surface area contributed by atoms with Crippen molar-refractivity contribution in [3.8, 4) is 0 Å². The van der Waals surface area contributed by atoms with Gasteiger partial charge in [0.1, 0.15) is 0 Å². The lowest BCUT2D eigenvalue weighted by molar-refractivity contribution is -0.121. The Kier molecular flexibility index (Phi) is 5.62. The van der Waals surface area contributed by atoms with Crippen molar-refractivity contribution in [1.82, 2.24) is 5.32 Å². The lowest BCUT2D eigenvalue weighted by Gasteiger charge is -2.14. The molecule has 2 rings (SSSR count). The first-order valence-electron chi connectivity index (χ1n) is 6.69. The Morgan fingerprint density at radius 2 is 2.15 bits per heavy atom. The molecule has 0 radical (unpaired) electrons. The van der Waals surface area contributed by atoms with E-state index in [1.165, 1.54) is 5.56 Å². The fourth-order valence-electron chi connectivity index (χ4n) is 2.08. The first kappa shape index (κ1) is 15.1. The Morgan fingerprint density at radius 1 is 1.35 bits per heavy atom. The number of nitrogens with one attached hydrogen (secondary N) is 1. The van der Waals surface area contributed by atoms with E-state index < -0.39 is 0 Å². The maximum Gasteiger partial charge on any atom is 0.220 e. The minimum atomic E-state index is 0.0878. The molecule has 0 bridgehead atoms. The van der Waals surface area contributed by atoms with Crippen LogP contribution in [-0.2, 0) is 17.6 Å². The van der Waals surface area contributed by atoms with Crippen LogP contribution < -0.4 is 5.32 Å². The molecule has 0 aliphatic heterocycles. The summed E-state index contributed by atoms with van der Waals surface area (Å²) in [7, 11) is 0. The zero-order chi connectivity index (χ0) is 14.4. The SMILES string of the molecule is CC(Cc1ccccc1Cl)NC(=O)CCc1ccsc1. The van der Waals surface area contributed by atoms with Crippen LogP contribution in [0.4, 0.5) is 0 Å². The van der Waals surface area contributed by atoms with Crippen LogP contribution >= 0.6 is 22.9 Å². The van der Waals surface area contributed by atoms with Gasteiger partial charge in [-0.1, -0.05) is 29.8 Å². The summed E-state index contributed by atoms with van der Waals surface area (Å²) < 4.78 is 0. The number of hydrogen-bond acceptors (Lipinski definition) is 2. The number of amides is 1. The molecule has 0 aliphatic carbocycles. The van der Waals surface area contributed by atoms with Crippen molar-refractivity contribution in [3.05, 3.63) is 57.2 Å². The maximum absolute atomic E-state index is 11.9. The molecule has 2 nitrogen and oxygen atoms in total. The largest absolute Gasteiger partial charge is 0.353 e. The number of rotatable bonds is 6. The quantitative estimate of drug-likeness (QED) is 0.856. The van der Waals surface area contributed by atoms with Crippen molar-refractivity contribution in [3.63, 3.8) is 0 Å². The molecule has 2 aromatic rings. The summed E-state index contributed by atoms with van der Waals surface area (Å²) in [5.41, 5.74) is 2.30. The summed E-state index contributed by atoms with van der Waals surface area (Å²) in [5, 5.41) is 7.90. The Bertz CT molecular complexity index is 553. The predicted molar refractivity (Wildman–Crippen MR) is 85.4 cm³/mol. The number of hydrogen-bond donors (Lipinski definition) is 1. The normalized spacial score (nSPS) is 12.1. The van der Waals surface area contributed by atoms with E-state index in [1.807, 2.05) is 36.6 Å². The Balaban J connectivity index is 1.78. The monoisotopic (exact) mass is 307 g/mol. The second kappa shape index (κ2) is 7.46. The van der Waals surface area contributed by atoms with Gasteiger partial charge in [0, 0.05) is 17.5 Å². The van der Waals surface area contributed by atoms with Gasteiger partial charge in [0.05, 0.1) is 0 Å². The molecular weight excluding hydrogens is 290 g/mol. The molecule has 1 amide bonds. The molecule has 106 valence electrons. The van der Waals surface area contributed by atoms with Crippen LogP contribution in [0.3, 0.4) is 0 Å². The fraction of sp³-hybridized carbons (Fsp3) is 0.312. The molecule has 0 saturated heterocycles. The second-order valence-corrected chi connectivity index (χ2v) is 6.08. The molecule has 0 spiro atoms. The smallest absolute Gasteiger partial charge is 0.220 e. The van der Waals surface area contributed by atoms with Gasteiger partial charge in [-0.15, -0.1) is 0 Å². The number of benzene rings is 1. The van der Waals surface area contributed by atoms with Gasteiger partial charge in [0.15, 0.2) is 0 Å². The topological polar surface area (TPSA) is 29.1 Å². The molecule has 4 heteroatoms. The molecule has 0 saturated carbocycles. The minimum absolute atomic E-state index is 0.0878. The molecule has 20 heavy (non-hydrogen) atoms. The summed E-state index contributed by atoms with van der Waals surface area (Å²) in [6, 6.07) is 9.90. The van der Waals surface area contributed by atoms with Crippen LogP contribution in [0.25, 0.3) is 0 Å². The first-order chi connectivity index (χ1) is 9.65. The number of aryl methyl sites for hydroxylation is 1. The highest BCUT2D eigenvalue weighted by atomic mass is 35.5. The summed E-state index contributed by atoms with van der Waals surface area (Å²) in [5.74, 6) is 0.0933. The molecule has 1 atom stereocenters.